The lowest BCUT2D eigenvalue weighted by Gasteiger charge is -2.00. The molecule has 0 radical (unpaired) electrons. The molecule has 6 nitrogen and oxygen atoms in total. The summed E-state index contributed by atoms with van der Waals surface area (Å²) in [6, 6.07) is 4.16. The fourth-order valence-electron chi connectivity index (χ4n) is 2.14. The number of nitrogens with one attached hydrogen (secondary N) is 2. The largest absolute Gasteiger partial charge is 0.332 e. The Morgan fingerprint density at radius 1 is 1.33 bits per heavy atom. The Hall–Kier alpha value is -2.22. The molecular weight excluding hydrogens is 343 g/mol. The summed E-state index contributed by atoms with van der Waals surface area (Å²) in [5.74, 6) is -0.106. The lowest BCUT2D eigenvalue weighted by molar-refractivity contribution is 0.628. The van der Waals surface area contributed by atoms with Crippen LogP contribution in [-0.2, 0) is 6.54 Å². The van der Waals surface area contributed by atoms with Gasteiger partial charge >= 0.3 is 5.69 Å². The molecule has 0 saturated carbocycles. The van der Waals surface area contributed by atoms with Crippen molar-refractivity contribution in [2.75, 3.05) is 0 Å². The molecule has 2 heterocycles. The quantitative estimate of drug-likeness (QED) is 0.739. The van der Waals surface area contributed by atoms with Gasteiger partial charge in [0.15, 0.2) is 5.65 Å². The average Bonchev–Trinajstić information content (AvgIpc) is 2.87. The van der Waals surface area contributed by atoms with Crippen molar-refractivity contribution < 1.29 is 4.39 Å². The first kappa shape index (κ1) is 13.7. The zero-order chi connectivity index (χ0) is 15.1. The normalized spacial score (nSPS) is 11.2. The monoisotopic (exact) mass is 352 g/mol. The molecule has 3 aromatic rings. The third-order valence-electron chi connectivity index (χ3n) is 3.13. The standard InChI is InChI=1S/C13H10BrFN4O2/c1-2-19-11-9(12(20)18-13(19)21)16-10(17-11)7-5-6(15)3-4-8(7)14/h3-5H,2H2,1H3,(H,16,17)(H,18,20,21). The smallest absolute Gasteiger partial charge is 0.330 e. The van der Waals surface area contributed by atoms with E-state index in [1.165, 1.54) is 16.7 Å². The third-order valence-corrected chi connectivity index (χ3v) is 3.82. The van der Waals surface area contributed by atoms with Crippen LogP contribution in [0.25, 0.3) is 22.6 Å². The molecule has 2 aromatic heterocycles. The van der Waals surface area contributed by atoms with Gasteiger partial charge in [0.2, 0.25) is 0 Å². The number of nitrogens with zero attached hydrogens (tertiary/aromatic N) is 2. The maximum absolute atomic E-state index is 13.4. The summed E-state index contributed by atoms with van der Waals surface area (Å²) < 4.78 is 15.4. The van der Waals surface area contributed by atoms with Crippen LogP contribution in [-0.4, -0.2) is 19.5 Å². The number of fused-ring (bicyclic) bond motifs is 1. The van der Waals surface area contributed by atoms with E-state index in [1.54, 1.807) is 13.0 Å². The molecule has 0 aliphatic heterocycles. The summed E-state index contributed by atoms with van der Waals surface area (Å²) in [4.78, 5) is 32.9. The predicted octanol–water partition coefficient (Wildman–Crippen LogP) is 2.00. The van der Waals surface area contributed by atoms with Crippen LogP contribution in [0.1, 0.15) is 6.92 Å². The minimum atomic E-state index is -0.550. The molecule has 21 heavy (non-hydrogen) atoms. The Balaban J connectivity index is 2.36. The second-order valence-electron chi connectivity index (χ2n) is 4.41. The summed E-state index contributed by atoms with van der Waals surface area (Å²) in [6.45, 7) is 2.13. The van der Waals surface area contributed by atoms with Crippen LogP contribution < -0.4 is 11.2 Å². The molecule has 8 heteroatoms. The van der Waals surface area contributed by atoms with Gasteiger partial charge in [-0.25, -0.2) is 14.2 Å². The van der Waals surface area contributed by atoms with Gasteiger partial charge in [0, 0.05) is 16.6 Å². The Morgan fingerprint density at radius 3 is 2.81 bits per heavy atom. The highest BCUT2D eigenvalue weighted by molar-refractivity contribution is 9.10. The fraction of sp³-hybridized carbons (Fsp3) is 0.154. The van der Waals surface area contributed by atoms with Crippen molar-refractivity contribution in [2.24, 2.45) is 0 Å². The number of rotatable bonds is 2. The highest BCUT2D eigenvalue weighted by atomic mass is 79.9. The third kappa shape index (κ3) is 2.21. The van der Waals surface area contributed by atoms with E-state index in [4.69, 9.17) is 0 Å². The molecular formula is C13H10BrFN4O2. The number of H-pyrrole nitrogens is 2. The van der Waals surface area contributed by atoms with Crippen molar-refractivity contribution in [3.63, 3.8) is 0 Å². The van der Waals surface area contributed by atoms with Crippen LogP contribution in [0.2, 0.25) is 0 Å². The summed E-state index contributed by atoms with van der Waals surface area (Å²) in [6.07, 6.45) is 0. The molecule has 0 aliphatic rings. The molecule has 0 atom stereocenters. The van der Waals surface area contributed by atoms with Crippen LogP contribution in [0.3, 0.4) is 0 Å². The molecule has 0 amide bonds. The van der Waals surface area contributed by atoms with E-state index in [0.29, 0.717) is 22.4 Å². The summed E-state index contributed by atoms with van der Waals surface area (Å²) in [5, 5.41) is 0. The first-order valence-corrected chi connectivity index (χ1v) is 6.99. The van der Waals surface area contributed by atoms with Crippen molar-refractivity contribution in [2.45, 2.75) is 13.5 Å². The summed E-state index contributed by atoms with van der Waals surface area (Å²) in [5.41, 5.74) is -0.168. The molecule has 1 aromatic carbocycles. The van der Waals surface area contributed by atoms with Crippen molar-refractivity contribution in [3.8, 4) is 11.4 Å². The number of halogens is 2. The number of aryl methyl sites for hydroxylation is 1. The highest BCUT2D eigenvalue weighted by Gasteiger charge is 2.15. The second-order valence-corrected chi connectivity index (χ2v) is 5.27. The SMILES string of the molecule is CCn1c(=O)[nH]c(=O)c2[nH]c(-c3cc(F)ccc3Br)nc21. The molecule has 0 aliphatic carbocycles. The van der Waals surface area contributed by atoms with E-state index in [2.05, 4.69) is 30.9 Å². The van der Waals surface area contributed by atoms with Gasteiger partial charge in [0.25, 0.3) is 5.56 Å². The van der Waals surface area contributed by atoms with E-state index in [0.717, 1.165) is 0 Å². The number of benzene rings is 1. The first-order valence-electron chi connectivity index (χ1n) is 6.19. The highest BCUT2D eigenvalue weighted by Crippen LogP contribution is 2.27. The summed E-state index contributed by atoms with van der Waals surface area (Å²) in [7, 11) is 0. The Labute approximate surface area is 125 Å². The van der Waals surface area contributed by atoms with E-state index in [9.17, 15) is 14.0 Å². The lowest BCUT2D eigenvalue weighted by atomic mass is 10.2. The zero-order valence-corrected chi connectivity index (χ0v) is 12.5. The summed E-state index contributed by atoms with van der Waals surface area (Å²) >= 11 is 3.31. The molecule has 0 fully saturated rings. The van der Waals surface area contributed by atoms with Gasteiger partial charge in [-0.15, -0.1) is 0 Å². The van der Waals surface area contributed by atoms with Crippen LogP contribution in [0.4, 0.5) is 4.39 Å². The number of aromatic nitrogens is 4. The molecule has 3 rings (SSSR count). The van der Waals surface area contributed by atoms with E-state index in [1.807, 2.05) is 0 Å². The van der Waals surface area contributed by atoms with Gasteiger partial charge < -0.3 is 4.98 Å². The van der Waals surface area contributed by atoms with Crippen LogP contribution in [0, 0.1) is 5.82 Å². The Bertz CT molecular complexity index is 957. The average molecular weight is 353 g/mol. The van der Waals surface area contributed by atoms with Gasteiger partial charge in [-0.3, -0.25) is 14.3 Å². The van der Waals surface area contributed by atoms with Crippen molar-refractivity contribution in [1.29, 1.82) is 0 Å². The predicted molar refractivity (Wildman–Crippen MR) is 79.7 cm³/mol. The van der Waals surface area contributed by atoms with Crippen LogP contribution in [0.5, 0.6) is 0 Å². The zero-order valence-electron chi connectivity index (χ0n) is 10.9. The minimum Gasteiger partial charge on any atom is -0.332 e. The molecule has 0 saturated heterocycles. The van der Waals surface area contributed by atoms with Crippen molar-refractivity contribution in [3.05, 3.63) is 49.3 Å². The maximum Gasteiger partial charge on any atom is 0.330 e. The number of aromatic amines is 2. The van der Waals surface area contributed by atoms with Crippen LogP contribution >= 0.6 is 15.9 Å². The van der Waals surface area contributed by atoms with E-state index >= 15 is 0 Å². The van der Waals surface area contributed by atoms with Gasteiger partial charge in [0.05, 0.1) is 0 Å². The molecule has 2 N–H and O–H groups in total. The Kier molecular flexibility index (Phi) is 3.25. The van der Waals surface area contributed by atoms with E-state index in [-0.39, 0.29) is 11.2 Å². The van der Waals surface area contributed by atoms with E-state index < -0.39 is 17.1 Å². The maximum atomic E-state index is 13.4. The van der Waals surface area contributed by atoms with Crippen molar-refractivity contribution in [1.82, 2.24) is 19.5 Å². The number of imidazole rings is 1. The number of hydrogen-bond donors (Lipinski definition) is 2. The van der Waals surface area contributed by atoms with Gasteiger partial charge in [0.1, 0.15) is 17.2 Å². The fourth-order valence-corrected chi connectivity index (χ4v) is 2.58. The van der Waals surface area contributed by atoms with Gasteiger partial charge in [-0.05, 0) is 25.1 Å². The van der Waals surface area contributed by atoms with Crippen molar-refractivity contribution >= 4 is 27.1 Å². The molecule has 0 spiro atoms. The topological polar surface area (TPSA) is 83.5 Å². The van der Waals surface area contributed by atoms with Gasteiger partial charge in [-0.2, -0.15) is 0 Å². The van der Waals surface area contributed by atoms with Crippen LogP contribution in [0.15, 0.2) is 32.3 Å². The van der Waals surface area contributed by atoms with Gasteiger partial charge in [-0.1, -0.05) is 15.9 Å². The first-order chi connectivity index (χ1) is 10.0. The lowest BCUT2D eigenvalue weighted by Crippen LogP contribution is -2.29. The minimum absolute atomic E-state index is 0.183. The Morgan fingerprint density at radius 2 is 2.10 bits per heavy atom. The second kappa shape index (κ2) is 4.96. The number of hydrogen-bond acceptors (Lipinski definition) is 3. The molecule has 0 bridgehead atoms. The molecule has 108 valence electrons. The molecule has 0 unspecified atom stereocenters.